The normalized spacial score (nSPS) is 11.0. The van der Waals surface area contributed by atoms with E-state index in [2.05, 4.69) is 0 Å². The Kier molecular flexibility index (Phi) is 5.81. The van der Waals surface area contributed by atoms with Gasteiger partial charge in [-0.25, -0.2) is 4.79 Å². The van der Waals surface area contributed by atoms with Crippen LogP contribution in [-0.2, 0) is 10.2 Å². The van der Waals surface area contributed by atoms with Crippen molar-refractivity contribution in [1.29, 1.82) is 0 Å². The molecular weight excluding hydrogens is 402 g/mol. The monoisotopic (exact) mass is 423 g/mol. The van der Waals surface area contributed by atoms with E-state index in [4.69, 9.17) is 4.74 Å². The van der Waals surface area contributed by atoms with E-state index < -0.39 is 16.3 Å². The minimum Gasteiger partial charge on any atom is -0.425 e. The number of non-ortho nitro benzene ring substituents is 1. The van der Waals surface area contributed by atoms with E-state index in [9.17, 15) is 14.9 Å². The topological polar surface area (TPSA) is 69.4 Å². The minimum absolute atomic E-state index is 0.0530. The molecule has 0 aliphatic heterocycles. The largest absolute Gasteiger partial charge is 0.425 e. The third-order valence-corrected chi connectivity index (χ3v) is 5.50. The maximum absolute atomic E-state index is 14.1. The van der Waals surface area contributed by atoms with Crippen LogP contribution in [0.4, 0.5) is 5.69 Å². The maximum atomic E-state index is 14.1. The van der Waals surface area contributed by atoms with E-state index in [1.54, 1.807) is 6.92 Å². The molecule has 0 N–H and O–H groups in total. The first-order chi connectivity index (χ1) is 15.5. The Morgan fingerprint density at radius 3 is 1.56 bits per heavy atom. The Balaban J connectivity index is 1.92. The first-order valence-corrected chi connectivity index (χ1v) is 10.2. The standard InChI is InChI=1S/C27H21NO4/c1-20-19-24(28(30)31)17-18-25(20)32-26(29)27(21-11-5-2-6-12-21,22-13-7-3-8-14-22)23-15-9-4-10-16-23/h2-19H,1H3. The molecule has 4 aromatic rings. The zero-order valence-electron chi connectivity index (χ0n) is 17.5. The molecule has 0 fully saturated rings. The Bertz CT molecular complexity index is 1140. The van der Waals surface area contributed by atoms with Crippen molar-refractivity contribution in [2.75, 3.05) is 0 Å². The van der Waals surface area contributed by atoms with Crippen LogP contribution in [-0.4, -0.2) is 10.9 Å². The van der Waals surface area contributed by atoms with Crippen molar-refractivity contribution in [3.8, 4) is 5.75 Å². The Morgan fingerprint density at radius 2 is 1.19 bits per heavy atom. The smallest absolute Gasteiger partial charge is 0.331 e. The zero-order chi connectivity index (χ0) is 22.6. The fourth-order valence-corrected chi connectivity index (χ4v) is 3.96. The zero-order valence-corrected chi connectivity index (χ0v) is 17.5. The number of carbonyl (C=O) groups is 1. The van der Waals surface area contributed by atoms with Crippen molar-refractivity contribution in [1.82, 2.24) is 0 Å². The first kappa shape index (κ1) is 21.0. The Morgan fingerprint density at radius 1 is 0.750 bits per heavy atom. The van der Waals surface area contributed by atoms with Gasteiger partial charge in [0.2, 0.25) is 0 Å². The maximum Gasteiger partial charge on any atom is 0.331 e. The second-order valence-corrected chi connectivity index (χ2v) is 7.44. The predicted molar refractivity (Wildman–Crippen MR) is 123 cm³/mol. The van der Waals surface area contributed by atoms with Crippen LogP contribution in [0.3, 0.4) is 0 Å². The van der Waals surface area contributed by atoms with E-state index in [1.165, 1.54) is 18.2 Å². The van der Waals surface area contributed by atoms with Crippen molar-refractivity contribution < 1.29 is 14.5 Å². The highest BCUT2D eigenvalue weighted by Gasteiger charge is 2.45. The highest BCUT2D eigenvalue weighted by Crippen LogP contribution is 2.41. The van der Waals surface area contributed by atoms with E-state index in [1.807, 2.05) is 91.0 Å². The van der Waals surface area contributed by atoms with Crippen molar-refractivity contribution >= 4 is 11.7 Å². The summed E-state index contributed by atoms with van der Waals surface area (Å²) in [6, 6.07) is 32.7. The number of esters is 1. The molecule has 0 atom stereocenters. The van der Waals surface area contributed by atoms with Crippen LogP contribution in [0.1, 0.15) is 22.3 Å². The third-order valence-electron chi connectivity index (χ3n) is 5.50. The van der Waals surface area contributed by atoms with Crippen LogP contribution in [0.5, 0.6) is 5.75 Å². The van der Waals surface area contributed by atoms with Crippen LogP contribution in [0.2, 0.25) is 0 Å². The summed E-state index contributed by atoms with van der Waals surface area (Å²) in [5.41, 5.74) is 1.53. The molecule has 4 rings (SSSR count). The van der Waals surface area contributed by atoms with E-state index in [-0.39, 0.29) is 11.4 Å². The third kappa shape index (κ3) is 3.76. The van der Waals surface area contributed by atoms with Crippen molar-refractivity contribution in [3.63, 3.8) is 0 Å². The summed E-state index contributed by atoms with van der Waals surface area (Å²) >= 11 is 0. The second-order valence-electron chi connectivity index (χ2n) is 7.44. The molecule has 158 valence electrons. The number of nitro groups is 1. The number of hydrogen-bond acceptors (Lipinski definition) is 4. The number of hydrogen-bond donors (Lipinski definition) is 0. The number of carbonyl (C=O) groups excluding carboxylic acids is 1. The lowest BCUT2D eigenvalue weighted by molar-refractivity contribution is -0.384. The number of ether oxygens (including phenoxy) is 1. The molecule has 0 bridgehead atoms. The number of benzene rings is 4. The van der Waals surface area contributed by atoms with Gasteiger partial charge in [0.05, 0.1) is 4.92 Å². The Hall–Kier alpha value is -4.25. The fraction of sp³-hybridized carbons (Fsp3) is 0.0741. The molecular formula is C27H21NO4. The summed E-state index contributed by atoms with van der Waals surface area (Å²) in [6.45, 7) is 1.69. The highest BCUT2D eigenvalue weighted by atomic mass is 16.6. The first-order valence-electron chi connectivity index (χ1n) is 10.2. The second kappa shape index (κ2) is 8.86. The molecule has 0 radical (unpaired) electrons. The molecule has 4 aromatic carbocycles. The summed E-state index contributed by atoms with van der Waals surface area (Å²) in [5.74, 6) is -0.203. The molecule has 0 aliphatic rings. The van der Waals surface area contributed by atoms with Gasteiger partial charge in [0.25, 0.3) is 5.69 Å². The quantitative estimate of drug-likeness (QED) is 0.128. The van der Waals surface area contributed by atoms with Crippen molar-refractivity contribution in [2.45, 2.75) is 12.3 Å². The lowest BCUT2D eigenvalue weighted by atomic mass is 9.69. The Labute approximate surface area is 186 Å². The van der Waals surface area contributed by atoms with Gasteiger partial charge in [0.1, 0.15) is 11.2 Å². The van der Waals surface area contributed by atoms with Crippen molar-refractivity contribution in [2.24, 2.45) is 0 Å². The molecule has 32 heavy (non-hydrogen) atoms. The molecule has 0 aliphatic carbocycles. The van der Waals surface area contributed by atoms with Gasteiger partial charge >= 0.3 is 5.97 Å². The molecule has 0 saturated heterocycles. The summed E-state index contributed by atoms with van der Waals surface area (Å²) < 4.78 is 5.95. The summed E-state index contributed by atoms with van der Waals surface area (Å²) in [6.07, 6.45) is 0. The number of aryl methyl sites for hydroxylation is 1. The molecule has 5 heteroatoms. The molecule has 0 saturated carbocycles. The van der Waals surface area contributed by atoms with Gasteiger partial charge in [-0.15, -0.1) is 0 Å². The van der Waals surface area contributed by atoms with Crippen LogP contribution >= 0.6 is 0 Å². The SMILES string of the molecule is Cc1cc([N+](=O)[O-])ccc1OC(=O)C(c1ccccc1)(c1ccccc1)c1ccccc1. The van der Waals surface area contributed by atoms with Gasteiger partial charge in [-0.2, -0.15) is 0 Å². The van der Waals surface area contributed by atoms with Gasteiger partial charge in [0.15, 0.2) is 0 Å². The number of rotatable bonds is 6. The molecule has 0 spiro atoms. The van der Waals surface area contributed by atoms with Crippen LogP contribution in [0.15, 0.2) is 109 Å². The number of nitro benzene ring substituents is 1. The predicted octanol–water partition coefficient (Wildman–Crippen LogP) is 5.84. The number of nitrogens with zero attached hydrogens (tertiary/aromatic N) is 1. The summed E-state index contributed by atoms with van der Waals surface area (Å²) in [4.78, 5) is 24.7. The van der Waals surface area contributed by atoms with Gasteiger partial charge < -0.3 is 4.74 Å². The lowest BCUT2D eigenvalue weighted by Gasteiger charge is -2.33. The van der Waals surface area contributed by atoms with Gasteiger partial charge in [-0.05, 0) is 35.2 Å². The average molecular weight is 423 g/mol. The minimum atomic E-state index is -1.22. The van der Waals surface area contributed by atoms with Gasteiger partial charge in [0, 0.05) is 12.1 Å². The summed E-state index contributed by atoms with van der Waals surface area (Å²) in [5, 5.41) is 11.1. The lowest BCUT2D eigenvalue weighted by Crippen LogP contribution is -2.41. The van der Waals surface area contributed by atoms with E-state index in [0.717, 1.165) is 16.7 Å². The molecule has 0 unspecified atom stereocenters. The van der Waals surface area contributed by atoms with Crippen LogP contribution in [0, 0.1) is 17.0 Å². The molecule has 0 aromatic heterocycles. The average Bonchev–Trinajstić information content (AvgIpc) is 2.83. The van der Waals surface area contributed by atoms with Gasteiger partial charge in [-0.1, -0.05) is 91.0 Å². The van der Waals surface area contributed by atoms with E-state index >= 15 is 0 Å². The van der Waals surface area contributed by atoms with E-state index in [0.29, 0.717) is 5.56 Å². The highest BCUT2D eigenvalue weighted by molar-refractivity contribution is 5.93. The molecule has 0 heterocycles. The summed E-state index contributed by atoms with van der Waals surface area (Å²) in [7, 11) is 0. The van der Waals surface area contributed by atoms with Crippen LogP contribution in [0.25, 0.3) is 0 Å². The molecule has 5 nitrogen and oxygen atoms in total. The fourth-order valence-electron chi connectivity index (χ4n) is 3.96. The van der Waals surface area contributed by atoms with Gasteiger partial charge in [-0.3, -0.25) is 10.1 Å². The van der Waals surface area contributed by atoms with Crippen molar-refractivity contribution in [3.05, 3.63) is 142 Å². The molecule has 0 amide bonds. The van der Waals surface area contributed by atoms with Crippen LogP contribution < -0.4 is 4.74 Å².